The maximum Gasteiger partial charge on any atom is 0.294 e. The van der Waals surface area contributed by atoms with E-state index in [9.17, 15) is 9.59 Å². The number of hydrogen-bond donors (Lipinski definition) is 0. The molecule has 2 heterocycles. The molecule has 0 saturated carbocycles. The van der Waals surface area contributed by atoms with Gasteiger partial charge < -0.3 is 14.2 Å². The lowest BCUT2D eigenvalue weighted by Crippen LogP contribution is -2.48. The number of carbonyl (C=O) groups is 2. The lowest BCUT2D eigenvalue weighted by atomic mass is 9.89. The van der Waals surface area contributed by atoms with Crippen molar-refractivity contribution in [3.63, 3.8) is 0 Å². The van der Waals surface area contributed by atoms with Crippen molar-refractivity contribution in [1.82, 2.24) is 0 Å². The number of anilines is 2. The fourth-order valence-corrected chi connectivity index (χ4v) is 4.32. The molecule has 1 aliphatic rings. The molecule has 0 saturated heterocycles. The van der Waals surface area contributed by atoms with Crippen LogP contribution in [-0.4, -0.2) is 17.9 Å². The van der Waals surface area contributed by atoms with E-state index in [-0.39, 0.29) is 29.8 Å². The van der Waals surface area contributed by atoms with Gasteiger partial charge in [-0.1, -0.05) is 50.2 Å². The van der Waals surface area contributed by atoms with Gasteiger partial charge in [0.2, 0.25) is 5.91 Å². The van der Waals surface area contributed by atoms with Crippen molar-refractivity contribution >= 4 is 23.2 Å². The van der Waals surface area contributed by atoms with E-state index in [1.807, 2.05) is 80.3 Å². The fourth-order valence-electron chi connectivity index (χ4n) is 4.32. The third-order valence-electron chi connectivity index (χ3n) is 6.13. The van der Waals surface area contributed by atoms with Crippen LogP contribution in [0.1, 0.15) is 55.8 Å². The van der Waals surface area contributed by atoms with Gasteiger partial charge in [-0.25, -0.2) is 0 Å². The number of nitrogens with zero attached hydrogens (tertiary/aromatic N) is 2. The van der Waals surface area contributed by atoms with Gasteiger partial charge in [0.15, 0.2) is 5.76 Å². The van der Waals surface area contributed by atoms with Crippen LogP contribution in [0.4, 0.5) is 11.4 Å². The Morgan fingerprint density at radius 3 is 2.45 bits per heavy atom. The summed E-state index contributed by atoms with van der Waals surface area (Å²) < 4.78 is 5.38. The van der Waals surface area contributed by atoms with E-state index in [1.54, 1.807) is 17.0 Å². The molecule has 0 spiro atoms. The van der Waals surface area contributed by atoms with Crippen molar-refractivity contribution in [1.29, 1.82) is 0 Å². The van der Waals surface area contributed by atoms with Crippen LogP contribution in [0, 0.1) is 5.92 Å². The van der Waals surface area contributed by atoms with Gasteiger partial charge in [0.1, 0.15) is 0 Å². The lowest BCUT2D eigenvalue weighted by molar-refractivity contribution is -0.122. The minimum absolute atomic E-state index is 0.0922. The monoisotopic (exact) mass is 416 g/mol. The number of para-hydroxylation sites is 2. The van der Waals surface area contributed by atoms with Crippen LogP contribution in [0.3, 0.4) is 0 Å². The summed E-state index contributed by atoms with van der Waals surface area (Å²) >= 11 is 0. The third kappa shape index (κ3) is 3.88. The number of rotatable bonds is 5. The van der Waals surface area contributed by atoms with E-state index in [4.69, 9.17) is 4.42 Å². The Bertz CT molecular complexity index is 1050. The second kappa shape index (κ2) is 8.80. The van der Waals surface area contributed by atoms with Gasteiger partial charge in [-0.15, -0.1) is 0 Å². The van der Waals surface area contributed by atoms with Gasteiger partial charge in [0.05, 0.1) is 12.3 Å². The van der Waals surface area contributed by atoms with Gasteiger partial charge >= 0.3 is 0 Å². The summed E-state index contributed by atoms with van der Waals surface area (Å²) in [5, 5.41) is 0. The Hall–Kier alpha value is -3.34. The number of amides is 2. The minimum atomic E-state index is -0.164. The zero-order chi connectivity index (χ0) is 22.0. The summed E-state index contributed by atoms with van der Waals surface area (Å²) in [7, 11) is 0. The van der Waals surface area contributed by atoms with Crippen LogP contribution in [-0.2, 0) is 4.79 Å². The Labute approximate surface area is 183 Å². The van der Waals surface area contributed by atoms with Crippen LogP contribution >= 0.6 is 0 Å². The normalized spacial score (nSPS) is 18.9. The Morgan fingerprint density at radius 2 is 1.77 bits per heavy atom. The minimum Gasteiger partial charge on any atom is -0.459 e. The number of fused-ring (bicyclic) bond motifs is 1. The smallest absolute Gasteiger partial charge is 0.294 e. The molecule has 1 aromatic heterocycles. The largest absolute Gasteiger partial charge is 0.459 e. The molecule has 0 aliphatic carbocycles. The summed E-state index contributed by atoms with van der Waals surface area (Å²) in [4.78, 5) is 30.5. The molecule has 5 nitrogen and oxygen atoms in total. The van der Waals surface area contributed by atoms with Crippen LogP contribution in [0.15, 0.2) is 77.4 Å². The topological polar surface area (TPSA) is 53.8 Å². The number of furan rings is 1. The van der Waals surface area contributed by atoms with Crippen molar-refractivity contribution in [3.8, 4) is 0 Å². The predicted octanol–water partition coefficient (Wildman–Crippen LogP) is 5.84. The molecular weight excluding hydrogens is 388 g/mol. The van der Waals surface area contributed by atoms with Gasteiger partial charge in [-0.05, 0) is 55.7 Å². The molecule has 0 unspecified atom stereocenters. The number of hydrogen-bond acceptors (Lipinski definition) is 3. The predicted molar refractivity (Wildman–Crippen MR) is 122 cm³/mol. The van der Waals surface area contributed by atoms with E-state index in [0.717, 1.165) is 23.4 Å². The van der Waals surface area contributed by atoms with Crippen LogP contribution in [0.5, 0.6) is 0 Å². The first-order valence-electron chi connectivity index (χ1n) is 10.9. The first-order valence-corrected chi connectivity index (χ1v) is 10.9. The zero-order valence-corrected chi connectivity index (χ0v) is 18.2. The molecular formula is C26H28N2O3. The molecule has 0 radical (unpaired) electrons. The van der Waals surface area contributed by atoms with E-state index < -0.39 is 0 Å². The van der Waals surface area contributed by atoms with Crippen molar-refractivity contribution in [3.05, 3.63) is 84.3 Å². The highest BCUT2D eigenvalue weighted by Gasteiger charge is 2.39. The maximum absolute atomic E-state index is 13.5. The highest BCUT2D eigenvalue weighted by molar-refractivity contribution is 6.06. The van der Waals surface area contributed by atoms with E-state index in [1.165, 1.54) is 6.26 Å². The van der Waals surface area contributed by atoms with Gasteiger partial charge in [0, 0.05) is 23.3 Å². The van der Waals surface area contributed by atoms with Gasteiger partial charge in [-0.3, -0.25) is 9.59 Å². The quantitative estimate of drug-likeness (QED) is 0.525. The molecule has 3 atom stereocenters. The van der Waals surface area contributed by atoms with Crippen molar-refractivity contribution < 1.29 is 14.0 Å². The average Bonchev–Trinajstić information content (AvgIpc) is 3.34. The SMILES string of the molecule is CC[C@H](C)C(=O)N(c1ccccc1)[C@H]1C[C@H](C)N(C(=O)c2ccco2)c2ccccc21. The highest BCUT2D eigenvalue weighted by atomic mass is 16.3. The van der Waals surface area contributed by atoms with E-state index in [2.05, 4.69) is 0 Å². The Kier molecular flexibility index (Phi) is 5.94. The van der Waals surface area contributed by atoms with E-state index >= 15 is 0 Å². The van der Waals surface area contributed by atoms with E-state index in [0.29, 0.717) is 12.2 Å². The van der Waals surface area contributed by atoms with Gasteiger partial charge in [-0.2, -0.15) is 0 Å². The molecule has 4 rings (SSSR count). The first-order chi connectivity index (χ1) is 15.0. The Balaban J connectivity index is 1.81. The standard InChI is InChI=1S/C26H28N2O3/c1-4-18(2)25(29)28(20-11-6-5-7-12-20)23-17-19(3)27(22-14-9-8-13-21(22)23)26(30)24-15-10-16-31-24/h5-16,18-19,23H,4,17H2,1-3H3/t18-,19-,23-/m0/s1. The molecule has 0 fully saturated rings. The second-order valence-electron chi connectivity index (χ2n) is 8.16. The highest BCUT2D eigenvalue weighted by Crippen LogP contribution is 2.43. The van der Waals surface area contributed by atoms with Crippen LogP contribution in [0.25, 0.3) is 0 Å². The summed E-state index contributed by atoms with van der Waals surface area (Å²) in [6.45, 7) is 6.04. The van der Waals surface area contributed by atoms with Crippen LogP contribution in [0.2, 0.25) is 0 Å². The molecule has 0 bridgehead atoms. The average molecular weight is 417 g/mol. The number of carbonyl (C=O) groups excluding carboxylic acids is 2. The summed E-state index contributed by atoms with van der Waals surface area (Å²) in [5.74, 6) is 0.163. The van der Waals surface area contributed by atoms with Gasteiger partial charge in [0.25, 0.3) is 5.91 Å². The summed E-state index contributed by atoms with van der Waals surface area (Å²) in [6, 6.07) is 20.8. The third-order valence-corrected chi connectivity index (χ3v) is 6.13. The van der Waals surface area contributed by atoms with Crippen molar-refractivity contribution in [2.24, 2.45) is 5.92 Å². The molecule has 3 aromatic rings. The molecule has 0 N–H and O–H groups in total. The molecule has 2 aromatic carbocycles. The lowest BCUT2D eigenvalue weighted by Gasteiger charge is -2.44. The fraction of sp³-hybridized carbons (Fsp3) is 0.308. The Morgan fingerprint density at radius 1 is 1.06 bits per heavy atom. The second-order valence-corrected chi connectivity index (χ2v) is 8.16. The summed E-state index contributed by atoms with van der Waals surface area (Å²) in [5.41, 5.74) is 2.68. The van der Waals surface area contributed by atoms with Crippen LogP contribution < -0.4 is 9.80 Å². The maximum atomic E-state index is 13.5. The molecule has 5 heteroatoms. The zero-order valence-electron chi connectivity index (χ0n) is 18.2. The summed E-state index contributed by atoms with van der Waals surface area (Å²) in [6.07, 6.45) is 2.92. The molecule has 31 heavy (non-hydrogen) atoms. The molecule has 160 valence electrons. The number of benzene rings is 2. The molecule has 2 amide bonds. The molecule has 1 aliphatic heterocycles. The van der Waals surface area contributed by atoms with Crippen molar-refractivity contribution in [2.75, 3.05) is 9.80 Å². The first kappa shape index (κ1) is 20.9. The van der Waals surface area contributed by atoms with Crippen molar-refractivity contribution in [2.45, 2.75) is 45.7 Å².